The molecule has 1 nitrogen and oxygen atoms in total. The fraction of sp³-hybridized carbons (Fsp3) is 0.500. The standard InChI is InChI=1S/C16H21N/c17-16-10-9-13-7-8-14(11-15(13)16)12-5-3-1-2-4-6-12/h5,7-8,11,16H,1-4,6,9-10,17H2. The van der Waals surface area contributed by atoms with Crippen molar-refractivity contribution < 1.29 is 0 Å². The molecule has 17 heavy (non-hydrogen) atoms. The van der Waals surface area contributed by atoms with E-state index < -0.39 is 0 Å². The fourth-order valence-corrected chi connectivity index (χ4v) is 3.11. The van der Waals surface area contributed by atoms with Gasteiger partial charge in [-0.15, -0.1) is 0 Å². The second-order valence-electron chi connectivity index (χ2n) is 5.39. The van der Waals surface area contributed by atoms with Gasteiger partial charge in [0.25, 0.3) is 0 Å². The van der Waals surface area contributed by atoms with Crippen molar-refractivity contribution in [2.45, 2.75) is 51.0 Å². The topological polar surface area (TPSA) is 26.0 Å². The third kappa shape index (κ3) is 2.16. The third-order valence-corrected chi connectivity index (χ3v) is 4.18. The smallest absolute Gasteiger partial charge is 0.0300 e. The zero-order valence-electron chi connectivity index (χ0n) is 10.4. The van der Waals surface area contributed by atoms with E-state index in [1.165, 1.54) is 48.8 Å². The molecule has 2 N–H and O–H groups in total. The van der Waals surface area contributed by atoms with Crippen LogP contribution in [-0.4, -0.2) is 0 Å². The van der Waals surface area contributed by atoms with Gasteiger partial charge in [-0.25, -0.2) is 0 Å². The van der Waals surface area contributed by atoms with E-state index >= 15 is 0 Å². The minimum absolute atomic E-state index is 0.274. The number of rotatable bonds is 1. The molecule has 0 aliphatic heterocycles. The van der Waals surface area contributed by atoms with E-state index in [9.17, 15) is 0 Å². The molecule has 1 heteroatoms. The van der Waals surface area contributed by atoms with Gasteiger partial charge in [0.2, 0.25) is 0 Å². The van der Waals surface area contributed by atoms with Crippen molar-refractivity contribution in [1.29, 1.82) is 0 Å². The third-order valence-electron chi connectivity index (χ3n) is 4.18. The summed E-state index contributed by atoms with van der Waals surface area (Å²) in [5.41, 5.74) is 12.0. The van der Waals surface area contributed by atoms with E-state index in [-0.39, 0.29) is 6.04 Å². The predicted molar refractivity (Wildman–Crippen MR) is 72.8 cm³/mol. The summed E-state index contributed by atoms with van der Waals surface area (Å²) in [4.78, 5) is 0. The van der Waals surface area contributed by atoms with Gasteiger partial charge in [0.15, 0.2) is 0 Å². The first-order valence-corrected chi connectivity index (χ1v) is 6.92. The molecule has 0 amide bonds. The van der Waals surface area contributed by atoms with Crippen molar-refractivity contribution in [3.05, 3.63) is 41.0 Å². The van der Waals surface area contributed by atoms with Gasteiger partial charge in [0.05, 0.1) is 0 Å². The van der Waals surface area contributed by atoms with Crippen molar-refractivity contribution in [1.82, 2.24) is 0 Å². The Labute approximate surface area is 104 Å². The molecule has 0 spiro atoms. The zero-order valence-corrected chi connectivity index (χ0v) is 10.4. The monoisotopic (exact) mass is 227 g/mol. The highest BCUT2D eigenvalue weighted by Crippen LogP contribution is 2.33. The number of aryl methyl sites for hydroxylation is 1. The van der Waals surface area contributed by atoms with Gasteiger partial charge in [-0.1, -0.05) is 24.6 Å². The minimum atomic E-state index is 0.274. The van der Waals surface area contributed by atoms with Crippen molar-refractivity contribution in [3.8, 4) is 0 Å². The van der Waals surface area contributed by atoms with Gasteiger partial charge in [0, 0.05) is 6.04 Å². The van der Waals surface area contributed by atoms with Crippen LogP contribution in [0.2, 0.25) is 0 Å². The van der Waals surface area contributed by atoms with E-state index in [1.54, 1.807) is 5.57 Å². The molecule has 0 heterocycles. The van der Waals surface area contributed by atoms with E-state index in [1.807, 2.05) is 0 Å². The molecular weight excluding hydrogens is 206 g/mol. The molecule has 0 radical (unpaired) electrons. The molecule has 1 aromatic carbocycles. The van der Waals surface area contributed by atoms with Gasteiger partial charge >= 0.3 is 0 Å². The highest BCUT2D eigenvalue weighted by Gasteiger charge is 2.19. The Hall–Kier alpha value is -1.08. The summed E-state index contributed by atoms with van der Waals surface area (Å²) < 4.78 is 0. The second kappa shape index (κ2) is 4.66. The Morgan fingerprint density at radius 2 is 2.00 bits per heavy atom. The predicted octanol–water partition coefficient (Wildman–Crippen LogP) is 3.98. The van der Waals surface area contributed by atoms with Crippen LogP contribution in [0.3, 0.4) is 0 Å². The molecule has 90 valence electrons. The molecule has 1 unspecified atom stereocenters. The van der Waals surface area contributed by atoms with E-state index in [0.717, 1.165) is 12.8 Å². The van der Waals surface area contributed by atoms with Crippen LogP contribution in [0.4, 0.5) is 0 Å². The number of nitrogens with two attached hydrogens (primary N) is 1. The summed E-state index contributed by atoms with van der Waals surface area (Å²) in [6, 6.07) is 7.22. The molecule has 2 aliphatic carbocycles. The van der Waals surface area contributed by atoms with Crippen LogP contribution in [0.1, 0.15) is 61.3 Å². The second-order valence-corrected chi connectivity index (χ2v) is 5.39. The Morgan fingerprint density at radius 1 is 1.06 bits per heavy atom. The number of allylic oxidation sites excluding steroid dienone is 2. The normalized spacial score (nSPS) is 24.1. The van der Waals surface area contributed by atoms with Gasteiger partial charge in [-0.05, 0) is 66.9 Å². The van der Waals surface area contributed by atoms with Crippen molar-refractivity contribution in [2.75, 3.05) is 0 Å². The molecule has 0 bridgehead atoms. The van der Waals surface area contributed by atoms with Crippen LogP contribution in [0.25, 0.3) is 5.57 Å². The maximum atomic E-state index is 6.16. The molecule has 1 aromatic rings. The van der Waals surface area contributed by atoms with Gasteiger partial charge < -0.3 is 5.73 Å². The van der Waals surface area contributed by atoms with Gasteiger partial charge in [-0.2, -0.15) is 0 Å². The highest BCUT2D eigenvalue weighted by atomic mass is 14.6. The molecular formula is C16H21N. The first-order chi connectivity index (χ1) is 8.34. The SMILES string of the molecule is NC1CCc2ccc(C3=CCCCCC3)cc21. The van der Waals surface area contributed by atoms with Crippen LogP contribution >= 0.6 is 0 Å². The Kier molecular flexibility index (Phi) is 3.02. The van der Waals surface area contributed by atoms with Crippen LogP contribution in [0, 0.1) is 0 Å². The van der Waals surface area contributed by atoms with Crippen molar-refractivity contribution >= 4 is 5.57 Å². The summed E-state index contributed by atoms with van der Waals surface area (Å²) in [7, 11) is 0. The Balaban J connectivity index is 1.93. The molecule has 2 aliphatic rings. The Bertz CT molecular complexity index is 445. The van der Waals surface area contributed by atoms with E-state index in [4.69, 9.17) is 5.73 Å². The first kappa shape index (κ1) is 11.0. The number of fused-ring (bicyclic) bond motifs is 1. The van der Waals surface area contributed by atoms with Crippen LogP contribution in [-0.2, 0) is 6.42 Å². The summed E-state index contributed by atoms with van der Waals surface area (Å²) in [6.45, 7) is 0. The maximum absolute atomic E-state index is 6.16. The quantitative estimate of drug-likeness (QED) is 0.771. The lowest BCUT2D eigenvalue weighted by Gasteiger charge is -2.10. The van der Waals surface area contributed by atoms with Gasteiger partial charge in [-0.3, -0.25) is 0 Å². The average Bonchev–Trinajstić information content (AvgIpc) is 2.58. The molecule has 0 fully saturated rings. The number of hydrogen-bond acceptors (Lipinski definition) is 1. The molecule has 3 rings (SSSR count). The van der Waals surface area contributed by atoms with Crippen LogP contribution < -0.4 is 5.73 Å². The van der Waals surface area contributed by atoms with Crippen molar-refractivity contribution in [3.63, 3.8) is 0 Å². The zero-order chi connectivity index (χ0) is 11.7. The van der Waals surface area contributed by atoms with Crippen molar-refractivity contribution in [2.24, 2.45) is 5.73 Å². The molecule has 1 atom stereocenters. The first-order valence-electron chi connectivity index (χ1n) is 6.92. The Morgan fingerprint density at radius 3 is 2.94 bits per heavy atom. The summed E-state index contributed by atoms with van der Waals surface area (Å²) in [6.07, 6.45) is 11.3. The minimum Gasteiger partial charge on any atom is -0.324 e. The van der Waals surface area contributed by atoms with Gasteiger partial charge in [0.1, 0.15) is 0 Å². The summed E-state index contributed by atoms with van der Waals surface area (Å²) in [5.74, 6) is 0. The number of benzene rings is 1. The fourth-order valence-electron chi connectivity index (χ4n) is 3.11. The highest BCUT2D eigenvalue weighted by molar-refractivity contribution is 5.67. The van der Waals surface area contributed by atoms with E-state index in [0.29, 0.717) is 0 Å². The average molecular weight is 227 g/mol. The lowest BCUT2D eigenvalue weighted by Crippen LogP contribution is -2.05. The lowest BCUT2D eigenvalue weighted by atomic mass is 9.97. The molecule has 0 aromatic heterocycles. The largest absolute Gasteiger partial charge is 0.324 e. The number of hydrogen-bond donors (Lipinski definition) is 1. The maximum Gasteiger partial charge on any atom is 0.0300 e. The lowest BCUT2D eigenvalue weighted by molar-refractivity contribution is 0.713. The molecule has 0 saturated heterocycles. The van der Waals surface area contributed by atoms with Crippen LogP contribution in [0.5, 0.6) is 0 Å². The van der Waals surface area contributed by atoms with E-state index in [2.05, 4.69) is 24.3 Å². The summed E-state index contributed by atoms with van der Waals surface area (Å²) in [5, 5.41) is 0. The summed E-state index contributed by atoms with van der Waals surface area (Å²) >= 11 is 0. The molecule has 0 saturated carbocycles. The van der Waals surface area contributed by atoms with Crippen LogP contribution in [0.15, 0.2) is 24.3 Å².